The van der Waals surface area contributed by atoms with Gasteiger partial charge in [-0.05, 0) is 31.0 Å². The number of nitrogens with zero attached hydrogens (tertiary/aromatic N) is 3. The van der Waals surface area contributed by atoms with E-state index in [1.807, 2.05) is 35.0 Å². The zero-order valence-corrected chi connectivity index (χ0v) is 12.0. The van der Waals surface area contributed by atoms with Crippen LogP contribution in [-0.2, 0) is 4.79 Å². The normalized spacial score (nSPS) is 15.3. The summed E-state index contributed by atoms with van der Waals surface area (Å²) in [6, 6.07) is 9.49. The average molecular weight is 271 g/mol. The van der Waals surface area contributed by atoms with Crippen LogP contribution in [0.3, 0.4) is 0 Å². The number of nitriles is 1. The quantitative estimate of drug-likeness (QED) is 0.848. The number of rotatable bonds is 3. The molecule has 4 heteroatoms. The van der Waals surface area contributed by atoms with Crippen molar-refractivity contribution in [2.24, 2.45) is 0 Å². The van der Waals surface area contributed by atoms with E-state index in [0.717, 1.165) is 31.6 Å². The maximum atomic E-state index is 12.3. The average Bonchev–Trinajstić information content (AvgIpc) is 2.76. The van der Waals surface area contributed by atoms with Crippen molar-refractivity contribution < 1.29 is 4.79 Å². The van der Waals surface area contributed by atoms with Crippen molar-refractivity contribution >= 4 is 11.6 Å². The van der Waals surface area contributed by atoms with Gasteiger partial charge in [-0.1, -0.05) is 18.9 Å². The molecule has 1 aromatic rings. The number of carbonyl (C=O) groups is 1. The zero-order chi connectivity index (χ0) is 14.4. The molecule has 0 bridgehead atoms. The van der Waals surface area contributed by atoms with E-state index in [1.165, 1.54) is 12.8 Å². The van der Waals surface area contributed by atoms with Gasteiger partial charge in [-0.3, -0.25) is 4.79 Å². The highest BCUT2D eigenvalue weighted by Gasteiger charge is 2.17. The standard InChI is InChI=1S/C16H21N3O/c1-18(15-8-6-7-14(11-15)12-17)13-16(20)19-9-4-2-3-5-10-19/h6-8,11H,2-5,9-10,13H2,1H3. The lowest BCUT2D eigenvalue weighted by Gasteiger charge is -2.25. The van der Waals surface area contributed by atoms with Gasteiger partial charge < -0.3 is 9.80 Å². The maximum Gasteiger partial charge on any atom is 0.242 e. The minimum Gasteiger partial charge on any atom is -0.365 e. The Bertz CT molecular complexity index is 499. The first kappa shape index (κ1) is 14.4. The zero-order valence-electron chi connectivity index (χ0n) is 12.0. The van der Waals surface area contributed by atoms with Crippen LogP contribution in [0.25, 0.3) is 0 Å². The summed E-state index contributed by atoms with van der Waals surface area (Å²) < 4.78 is 0. The van der Waals surface area contributed by atoms with Crippen molar-refractivity contribution in [3.8, 4) is 6.07 Å². The molecule has 106 valence electrons. The van der Waals surface area contributed by atoms with Gasteiger partial charge in [0.1, 0.15) is 0 Å². The van der Waals surface area contributed by atoms with E-state index in [1.54, 1.807) is 6.07 Å². The molecule has 1 aliphatic rings. The van der Waals surface area contributed by atoms with E-state index >= 15 is 0 Å². The number of hydrogen-bond donors (Lipinski definition) is 0. The van der Waals surface area contributed by atoms with Gasteiger partial charge in [-0.2, -0.15) is 5.26 Å². The van der Waals surface area contributed by atoms with Crippen molar-refractivity contribution in [1.82, 2.24) is 4.90 Å². The van der Waals surface area contributed by atoms with E-state index in [0.29, 0.717) is 12.1 Å². The molecule has 0 N–H and O–H groups in total. The van der Waals surface area contributed by atoms with Crippen LogP contribution in [0, 0.1) is 11.3 Å². The Morgan fingerprint density at radius 3 is 2.65 bits per heavy atom. The summed E-state index contributed by atoms with van der Waals surface area (Å²) in [5.74, 6) is 0.178. The molecule has 1 saturated heterocycles. The van der Waals surface area contributed by atoms with Crippen LogP contribution >= 0.6 is 0 Å². The molecule has 0 saturated carbocycles. The van der Waals surface area contributed by atoms with Crippen LogP contribution < -0.4 is 4.90 Å². The van der Waals surface area contributed by atoms with Gasteiger partial charge in [-0.15, -0.1) is 0 Å². The van der Waals surface area contributed by atoms with Crippen molar-refractivity contribution in [3.05, 3.63) is 29.8 Å². The summed E-state index contributed by atoms with van der Waals surface area (Å²) in [7, 11) is 1.90. The van der Waals surface area contributed by atoms with Gasteiger partial charge in [0.2, 0.25) is 5.91 Å². The number of hydrogen-bond acceptors (Lipinski definition) is 3. The molecule has 1 aromatic carbocycles. The Hall–Kier alpha value is -2.02. The van der Waals surface area contributed by atoms with Crippen LogP contribution in [0.5, 0.6) is 0 Å². The van der Waals surface area contributed by atoms with Gasteiger partial charge >= 0.3 is 0 Å². The van der Waals surface area contributed by atoms with Gasteiger partial charge in [0.15, 0.2) is 0 Å². The number of benzene rings is 1. The van der Waals surface area contributed by atoms with Crippen LogP contribution in [0.2, 0.25) is 0 Å². The van der Waals surface area contributed by atoms with E-state index in [-0.39, 0.29) is 5.91 Å². The molecule has 1 fully saturated rings. The molecule has 4 nitrogen and oxygen atoms in total. The molecule has 0 unspecified atom stereocenters. The van der Waals surface area contributed by atoms with Gasteiger partial charge in [0, 0.05) is 25.8 Å². The van der Waals surface area contributed by atoms with Crippen LogP contribution in [0.1, 0.15) is 31.2 Å². The van der Waals surface area contributed by atoms with Crippen LogP contribution in [-0.4, -0.2) is 37.5 Å². The molecule has 1 aliphatic heterocycles. The second-order valence-corrected chi connectivity index (χ2v) is 5.31. The molecule has 0 spiro atoms. The Morgan fingerprint density at radius 1 is 1.30 bits per heavy atom. The predicted molar refractivity (Wildman–Crippen MR) is 79.5 cm³/mol. The molecule has 0 aliphatic carbocycles. The topological polar surface area (TPSA) is 47.3 Å². The van der Waals surface area contributed by atoms with E-state index < -0.39 is 0 Å². The molecule has 0 radical (unpaired) electrons. The molecular formula is C16H21N3O. The Labute approximate surface area is 120 Å². The minimum atomic E-state index is 0.178. The second-order valence-electron chi connectivity index (χ2n) is 5.31. The lowest BCUT2D eigenvalue weighted by atomic mass is 10.2. The number of amides is 1. The van der Waals surface area contributed by atoms with Crippen LogP contribution in [0.4, 0.5) is 5.69 Å². The summed E-state index contributed by atoms with van der Waals surface area (Å²) in [6.07, 6.45) is 4.67. The first-order chi connectivity index (χ1) is 9.70. The highest BCUT2D eigenvalue weighted by molar-refractivity contribution is 5.81. The summed E-state index contributed by atoms with van der Waals surface area (Å²) in [5, 5.41) is 8.92. The predicted octanol–water partition coefficient (Wildman–Crippen LogP) is 2.40. The molecule has 0 aromatic heterocycles. The number of carbonyl (C=O) groups excluding carboxylic acids is 1. The Kier molecular flexibility index (Phi) is 5.00. The van der Waals surface area contributed by atoms with Gasteiger partial charge in [-0.25, -0.2) is 0 Å². The van der Waals surface area contributed by atoms with Crippen molar-refractivity contribution in [1.29, 1.82) is 5.26 Å². The van der Waals surface area contributed by atoms with Crippen molar-refractivity contribution in [2.75, 3.05) is 31.6 Å². The number of anilines is 1. The number of likely N-dealkylation sites (N-methyl/N-ethyl adjacent to an activating group) is 1. The van der Waals surface area contributed by atoms with E-state index in [4.69, 9.17) is 5.26 Å². The monoisotopic (exact) mass is 271 g/mol. The summed E-state index contributed by atoms with van der Waals surface area (Å²) in [6.45, 7) is 2.13. The Balaban J connectivity index is 1.97. The van der Waals surface area contributed by atoms with E-state index in [9.17, 15) is 4.79 Å². The van der Waals surface area contributed by atoms with Crippen molar-refractivity contribution in [2.45, 2.75) is 25.7 Å². The smallest absolute Gasteiger partial charge is 0.242 e. The molecule has 0 atom stereocenters. The van der Waals surface area contributed by atoms with Gasteiger partial charge in [0.25, 0.3) is 0 Å². The first-order valence-electron chi connectivity index (χ1n) is 7.20. The fourth-order valence-electron chi connectivity index (χ4n) is 2.53. The minimum absolute atomic E-state index is 0.178. The van der Waals surface area contributed by atoms with Crippen LogP contribution in [0.15, 0.2) is 24.3 Å². The largest absolute Gasteiger partial charge is 0.365 e. The third-order valence-corrected chi connectivity index (χ3v) is 3.75. The third kappa shape index (κ3) is 3.74. The second kappa shape index (κ2) is 6.95. The highest BCUT2D eigenvalue weighted by Crippen LogP contribution is 2.15. The van der Waals surface area contributed by atoms with E-state index in [2.05, 4.69) is 6.07 Å². The maximum absolute atomic E-state index is 12.3. The molecular weight excluding hydrogens is 250 g/mol. The molecule has 2 rings (SSSR count). The Morgan fingerprint density at radius 2 is 2.00 bits per heavy atom. The molecule has 20 heavy (non-hydrogen) atoms. The summed E-state index contributed by atoms with van der Waals surface area (Å²) in [5.41, 5.74) is 1.53. The first-order valence-corrected chi connectivity index (χ1v) is 7.20. The lowest BCUT2D eigenvalue weighted by Crippen LogP contribution is -2.39. The highest BCUT2D eigenvalue weighted by atomic mass is 16.2. The number of likely N-dealkylation sites (tertiary alicyclic amines) is 1. The summed E-state index contributed by atoms with van der Waals surface area (Å²) >= 11 is 0. The summed E-state index contributed by atoms with van der Waals surface area (Å²) in [4.78, 5) is 16.2. The fourth-order valence-corrected chi connectivity index (χ4v) is 2.53. The van der Waals surface area contributed by atoms with Gasteiger partial charge in [0.05, 0.1) is 18.2 Å². The lowest BCUT2D eigenvalue weighted by molar-refractivity contribution is -0.129. The molecule has 1 amide bonds. The third-order valence-electron chi connectivity index (χ3n) is 3.75. The molecule has 1 heterocycles. The fraction of sp³-hybridized carbons (Fsp3) is 0.500. The van der Waals surface area contributed by atoms with Crippen molar-refractivity contribution in [3.63, 3.8) is 0 Å². The SMILES string of the molecule is CN(CC(=O)N1CCCCCC1)c1cccc(C#N)c1.